The fourth-order valence-electron chi connectivity index (χ4n) is 1.49. The lowest BCUT2D eigenvalue weighted by Gasteiger charge is -2.09. The van der Waals surface area contributed by atoms with E-state index in [9.17, 15) is 13.2 Å². The van der Waals surface area contributed by atoms with Crippen molar-refractivity contribution in [3.05, 3.63) is 45.7 Å². The van der Waals surface area contributed by atoms with Crippen molar-refractivity contribution >= 4 is 23.2 Å². The van der Waals surface area contributed by atoms with Gasteiger partial charge in [-0.1, -0.05) is 23.2 Å². The normalized spacial score (nSPS) is 10.8. The molecule has 18 heavy (non-hydrogen) atoms. The summed E-state index contributed by atoms with van der Waals surface area (Å²) in [6.45, 7) is 1.53. The zero-order valence-electron chi connectivity index (χ0n) is 8.94. The molecule has 1 aromatic carbocycles. The van der Waals surface area contributed by atoms with E-state index < -0.39 is 23.0 Å². The number of hydrogen-bond donors (Lipinski definition) is 0. The monoisotopic (exact) mass is 292 g/mol. The van der Waals surface area contributed by atoms with Gasteiger partial charge in [-0.25, -0.2) is 23.1 Å². The Morgan fingerprint density at radius 1 is 0.889 bits per heavy atom. The number of benzene rings is 1. The number of halogens is 5. The fourth-order valence-corrected chi connectivity index (χ4v) is 2.15. The molecule has 0 N–H and O–H groups in total. The van der Waals surface area contributed by atoms with Gasteiger partial charge in [0.15, 0.2) is 0 Å². The molecule has 0 radical (unpaired) electrons. The molecule has 0 saturated heterocycles. The molecule has 0 amide bonds. The highest BCUT2D eigenvalue weighted by Crippen LogP contribution is 2.35. The van der Waals surface area contributed by atoms with Gasteiger partial charge in [0.05, 0.1) is 11.1 Å². The third-order valence-corrected chi connectivity index (χ3v) is 2.74. The second kappa shape index (κ2) is 4.74. The molecule has 0 unspecified atom stereocenters. The summed E-state index contributed by atoms with van der Waals surface area (Å²) in [5.74, 6) is -3.02. The number of nitrogens with zero attached hydrogens (tertiary/aromatic N) is 2. The molecular formula is C11H5Cl2F3N2. The summed E-state index contributed by atoms with van der Waals surface area (Å²) in [4.78, 5) is 7.52. The van der Waals surface area contributed by atoms with E-state index in [1.54, 1.807) is 0 Å². The van der Waals surface area contributed by atoms with Gasteiger partial charge in [0.1, 0.15) is 33.6 Å². The molecule has 2 rings (SSSR count). The quantitative estimate of drug-likeness (QED) is 0.737. The third-order valence-electron chi connectivity index (χ3n) is 2.19. The van der Waals surface area contributed by atoms with Gasteiger partial charge in [-0.15, -0.1) is 0 Å². The van der Waals surface area contributed by atoms with Crippen LogP contribution in [0.2, 0.25) is 10.3 Å². The minimum Gasteiger partial charge on any atom is -0.221 e. The standard InChI is InChI=1S/C11H5Cl2F3N2/c1-4-17-10(12)9(11(13)18-4)8-6(15)2-5(14)3-7(8)16/h2-3H,1H3. The van der Waals surface area contributed by atoms with Crippen molar-refractivity contribution in [3.8, 4) is 11.1 Å². The van der Waals surface area contributed by atoms with Gasteiger partial charge in [-0.05, 0) is 6.92 Å². The van der Waals surface area contributed by atoms with Crippen LogP contribution in [-0.4, -0.2) is 9.97 Å². The topological polar surface area (TPSA) is 25.8 Å². The van der Waals surface area contributed by atoms with Gasteiger partial charge in [0.2, 0.25) is 0 Å². The van der Waals surface area contributed by atoms with Crippen LogP contribution >= 0.6 is 23.2 Å². The number of hydrogen-bond acceptors (Lipinski definition) is 2. The molecule has 0 aliphatic heterocycles. The van der Waals surface area contributed by atoms with Gasteiger partial charge in [0.25, 0.3) is 0 Å². The molecule has 1 aromatic heterocycles. The van der Waals surface area contributed by atoms with Crippen molar-refractivity contribution in [2.45, 2.75) is 6.92 Å². The van der Waals surface area contributed by atoms with Crippen LogP contribution in [0.5, 0.6) is 0 Å². The first kappa shape index (κ1) is 13.1. The molecule has 0 saturated carbocycles. The van der Waals surface area contributed by atoms with E-state index in [-0.39, 0.29) is 21.7 Å². The van der Waals surface area contributed by atoms with Crippen molar-refractivity contribution < 1.29 is 13.2 Å². The molecule has 94 valence electrons. The predicted octanol–water partition coefficient (Wildman–Crippen LogP) is 4.18. The average molecular weight is 293 g/mol. The van der Waals surface area contributed by atoms with Gasteiger partial charge in [-0.3, -0.25) is 0 Å². The summed E-state index contributed by atoms with van der Waals surface area (Å²) in [5.41, 5.74) is -0.745. The molecule has 0 bridgehead atoms. The van der Waals surface area contributed by atoms with E-state index in [0.717, 1.165) is 0 Å². The number of aromatic nitrogens is 2. The first-order chi connectivity index (χ1) is 8.40. The molecule has 2 aromatic rings. The van der Waals surface area contributed by atoms with Crippen LogP contribution in [0.25, 0.3) is 11.1 Å². The van der Waals surface area contributed by atoms with E-state index in [1.807, 2.05) is 0 Å². The zero-order valence-corrected chi connectivity index (χ0v) is 10.5. The maximum absolute atomic E-state index is 13.6. The Hall–Kier alpha value is -1.33. The van der Waals surface area contributed by atoms with Gasteiger partial charge >= 0.3 is 0 Å². The molecule has 0 fully saturated rings. The summed E-state index contributed by atoms with van der Waals surface area (Å²) in [6.07, 6.45) is 0. The summed E-state index contributed by atoms with van der Waals surface area (Å²) in [5, 5.41) is -0.395. The lowest BCUT2D eigenvalue weighted by molar-refractivity contribution is 0.548. The molecule has 0 atom stereocenters. The molecule has 7 heteroatoms. The van der Waals surface area contributed by atoms with Crippen molar-refractivity contribution in [3.63, 3.8) is 0 Å². The van der Waals surface area contributed by atoms with E-state index in [1.165, 1.54) is 6.92 Å². The fraction of sp³-hybridized carbons (Fsp3) is 0.0909. The number of aryl methyl sites for hydroxylation is 1. The second-order valence-corrected chi connectivity index (χ2v) is 4.19. The molecular weight excluding hydrogens is 288 g/mol. The maximum Gasteiger partial charge on any atom is 0.142 e. The minimum absolute atomic E-state index is 0.195. The predicted molar refractivity (Wildman–Crippen MR) is 62.1 cm³/mol. The van der Waals surface area contributed by atoms with Crippen LogP contribution in [0.15, 0.2) is 12.1 Å². The van der Waals surface area contributed by atoms with Crippen molar-refractivity contribution in [1.82, 2.24) is 9.97 Å². The Kier molecular flexibility index (Phi) is 3.45. The Morgan fingerprint density at radius 2 is 1.33 bits per heavy atom. The van der Waals surface area contributed by atoms with Crippen molar-refractivity contribution in [2.24, 2.45) is 0 Å². The molecule has 0 spiro atoms. The van der Waals surface area contributed by atoms with Crippen molar-refractivity contribution in [1.29, 1.82) is 0 Å². The van der Waals surface area contributed by atoms with Crippen LogP contribution in [0.1, 0.15) is 5.82 Å². The second-order valence-electron chi connectivity index (χ2n) is 3.47. The Morgan fingerprint density at radius 3 is 1.78 bits per heavy atom. The van der Waals surface area contributed by atoms with Crippen LogP contribution in [0, 0.1) is 24.4 Å². The number of rotatable bonds is 1. The van der Waals surface area contributed by atoms with Crippen LogP contribution < -0.4 is 0 Å². The van der Waals surface area contributed by atoms with Crippen molar-refractivity contribution in [2.75, 3.05) is 0 Å². The highest BCUT2D eigenvalue weighted by molar-refractivity contribution is 6.37. The highest BCUT2D eigenvalue weighted by atomic mass is 35.5. The zero-order chi connectivity index (χ0) is 13.4. The van der Waals surface area contributed by atoms with Gasteiger partial charge in [0, 0.05) is 12.1 Å². The third kappa shape index (κ3) is 2.28. The Labute approximate surface area is 110 Å². The first-order valence-corrected chi connectivity index (χ1v) is 5.50. The molecule has 0 aliphatic carbocycles. The lowest BCUT2D eigenvalue weighted by atomic mass is 10.1. The Balaban J connectivity index is 2.78. The first-order valence-electron chi connectivity index (χ1n) is 4.74. The van der Waals surface area contributed by atoms with E-state index in [4.69, 9.17) is 23.2 Å². The van der Waals surface area contributed by atoms with Gasteiger partial charge in [-0.2, -0.15) is 0 Å². The summed E-state index contributed by atoms with van der Waals surface area (Å²) in [7, 11) is 0. The summed E-state index contributed by atoms with van der Waals surface area (Å²) in [6, 6.07) is 1.07. The van der Waals surface area contributed by atoms with E-state index >= 15 is 0 Å². The van der Waals surface area contributed by atoms with Crippen LogP contribution in [0.4, 0.5) is 13.2 Å². The van der Waals surface area contributed by atoms with E-state index in [0.29, 0.717) is 12.1 Å². The van der Waals surface area contributed by atoms with E-state index in [2.05, 4.69) is 9.97 Å². The molecule has 1 heterocycles. The van der Waals surface area contributed by atoms with Crippen LogP contribution in [-0.2, 0) is 0 Å². The average Bonchev–Trinajstić information content (AvgIpc) is 2.20. The lowest BCUT2D eigenvalue weighted by Crippen LogP contribution is -1.98. The van der Waals surface area contributed by atoms with Gasteiger partial charge < -0.3 is 0 Å². The highest BCUT2D eigenvalue weighted by Gasteiger charge is 2.21. The molecule has 0 aliphatic rings. The smallest absolute Gasteiger partial charge is 0.142 e. The maximum atomic E-state index is 13.6. The SMILES string of the molecule is Cc1nc(Cl)c(-c2c(F)cc(F)cc2F)c(Cl)n1. The Bertz CT molecular complexity index is 530. The summed E-state index contributed by atoms with van der Waals surface area (Å²) < 4.78 is 40.0. The largest absolute Gasteiger partial charge is 0.221 e. The molecule has 2 nitrogen and oxygen atoms in total. The minimum atomic E-state index is -1.12. The van der Waals surface area contributed by atoms with Crippen LogP contribution in [0.3, 0.4) is 0 Å². The summed E-state index contributed by atoms with van der Waals surface area (Å²) >= 11 is 11.6.